The second-order valence-corrected chi connectivity index (χ2v) is 7.11. The van der Waals surface area contributed by atoms with Gasteiger partial charge in [0.2, 0.25) is 11.8 Å². The van der Waals surface area contributed by atoms with Crippen molar-refractivity contribution in [1.29, 1.82) is 0 Å². The molecule has 28 heavy (non-hydrogen) atoms. The molecule has 0 saturated carbocycles. The SMILES string of the molecule is Cc1nnc(-c2cccc(-c3ccc(O[C@@H]4CCC[C@@H](CO)O4)c(C)c3)c2)o1. The van der Waals surface area contributed by atoms with Gasteiger partial charge in [-0.05, 0) is 60.7 Å². The first kappa shape index (κ1) is 18.7. The van der Waals surface area contributed by atoms with Crippen LogP contribution in [0, 0.1) is 13.8 Å². The monoisotopic (exact) mass is 380 g/mol. The minimum Gasteiger partial charge on any atom is -0.465 e. The summed E-state index contributed by atoms with van der Waals surface area (Å²) in [6.45, 7) is 3.84. The van der Waals surface area contributed by atoms with E-state index in [2.05, 4.69) is 22.3 Å². The molecular weight excluding hydrogens is 356 g/mol. The van der Waals surface area contributed by atoms with Crippen LogP contribution in [-0.4, -0.2) is 34.3 Å². The van der Waals surface area contributed by atoms with Crippen LogP contribution < -0.4 is 4.74 Å². The van der Waals surface area contributed by atoms with Crippen molar-refractivity contribution in [3.63, 3.8) is 0 Å². The maximum absolute atomic E-state index is 9.30. The first-order chi connectivity index (χ1) is 13.6. The lowest BCUT2D eigenvalue weighted by atomic mass is 10.0. The Balaban J connectivity index is 1.53. The summed E-state index contributed by atoms with van der Waals surface area (Å²) in [7, 11) is 0. The fraction of sp³-hybridized carbons (Fsp3) is 0.364. The standard InChI is InChI=1S/C22H24N2O4/c1-14-11-17(9-10-20(14)28-21-8-4-7-19(13-25)27-21)16-5-3-6-18(12-16)22-24-23-15(2)26-22/h3,5-6,9-12,19,21,25H,4,7-8,13H2,1-2H3/t19-,21+/m0/s1. The summed E-state index contributed by atoms with van der Waals surface area (Å²) in [5.41, 5.74) is 4.07. The summed E-state index contributed by atoms with van der Waals surface area (Å²) >= 11 is 0. The Kier molecular flexibility index (Phi) is 5.41. The maximum atomic E-state index is 9.30. The molecule has 0 spiro atoms. The summed E-state index contributed by atoms with van der Waals surface area (Å²) in [5.74, 6) is 1.87. The first-order valence-corrected chi connectivity index (χ1v) is 9.57. The van der Waals surface area contributed by atoms with E-state index in [1.807, 2.05) is 37.3 Å². The molecule has 1 aromatic heterocycles. The van der Waals surface area contributed by atoms with Gasteiger partial charge in [-0.3, -0.25) is 0 Å². The van der Waals surface area contributed by atoms with E-state index in [-0.39, 0.29) is 19.0 Å². The molecule has 0 amide bonds. The number of hydrogen-bond donors (Lipinski definition) is 1. The molecule has 1 aliphatic rings. The van der Waals surface area contributed by atoms with Crippen LogP contribution in [0.2, 0.25) is 0 Å². The second-order valence-electron chi connectivity index (χ2n) is 7.11. The Morgan fingerprint density at radius 2 is 1.86 bits per heavy atom. The van der Waals surface area contributed by atoms with Gasteiger partial charge in [-0.15, -0.1) is 10.2 Å². The number of aliphatic hydroxyl groups excluding tert-OH is 1. The zero-order chi connectivity index (χ0) is 19.5. The van der Waals surface area contributed by atoms with Gasteiger partial charge in [-0.25, -0.2) is 0 Å². The number of aromatic nitrogens is 2. The number of ether oxygens (including phenoxy) is 2. The lowest BCUT2D eigenvalue weighted by molar-refractivity contribution is -0.158. The Bertz CT molecular complexity index is 953. The highest BCUT2D eigenvalue weighted by Gasteiger charge is 2.23. The smallest absolute Gasteiger partial charge is 0.247 e. The Morgan fingerprint density at radius 3 is 2.61 bits per heavy atom. The zero-order valence-electron chi connectivity index (χ0n) is 16.1. The molecule has 1 aliphatic heterocycles. The van der Waals surface area contributed by atoms with Crippen LogP contribution in [-0.2, 0) is 4.74 Å². The highest BCUT2D eigenvalue weighted by molar-refractivity contribution is 5.70. The Labute approximate surface area is 164 Å². The van der Waals surface area contributed by atoms with Gasteiger partial charge in [0.05, 0.1) is 12.7 Å². The van der Waals surface area contributed by atoms with Gasteiger partial charge in [0.25, 0.3) is 0 Å². The topological polar surface area (TPSA) is 77.6 Å². The molecule has 146 valence electrons. The molecule has 6 heteroatoms. The van der Waals surface area contributed by atoms with Gasteiger partial charge in [0.15, 0.2) is 6.29 Å². The van der Waals surface area contributed by atoms with Crippen molar-refractivity contribution in [2.45, 2.75) is 45.5 Å². The molecule has 0 unspecified atom stereocenters. The summed E-state index contributed by atoms with van der Waals surface area (Å²) in [6, 6.07) is 14.1. The Morgan fingerprint density at radius 1 is 1.04 bits per heavy atom. The van der Waals surface area contributed by atoms with Gasteiger partial charge in [0, 0.05) is 18.9 Å². The summed E-state index contributed by atoms with van der Waals surface area (Å²) in [4.78, 5) is 0. The molecule has 1 saturated heterocycles. The number of rotatable bonds is 5. The van der Waals surface area contributed by atoms with Crippen molar-refractivity contribution in [3.05, 3.63) is 53.9 Å². The summed E-state index contributed by atoms with van der Waals surface area (Å²) in [6.07, 6.45) is 2.27. The molecule has 1 N–H and O–H groups in total. The average molecular weight is 380 g/mol. The van der Waals surface area contributed by atoms with Crippen LogP contribution >= 0.6 is 0 Å². The maximum Gasteiger partial charge on any atom is 0.247 e. The van der Waals surface area contributed by atoms with Crippen LogP contribution in [0.3, 0.4) is 0 Å². The molecular formula is C22H24N2O4. The third-order valence-electron chi connectivity index (χ3n) is 4.92. The number of aliphatic hydroxyl groups is 1. The van der Waals surface area contributed by atoms with Crippen LogP contribution in [0.5, 0.6) is 5.75 Å². The highest BCUT2D eigenvalue weighted by atomic mass is 16.7. The quantitative estimate of drug-likeness (QED) is 0.712. The molecule has 2 aromatic carbocycles. The third kappa shape index (κ3) is 4.08. The number of hydrogen-bond acceptors (Lipinski definition) is 6. The van der Waals surface area contributed by atoms with Crippen molar-refractivity contribution in [3.8, 4) is 28.3 Å². The minimum atomic E-state index is -0.306. The van der Waals surface area contributed by atoms with E-state index in [4.69, 9.17) is 13.9 Å². The number of nitrogens with zero attached hydrogens (tertiary/aromatic N) is 2. The summed E-state index contributed by atoms with van der Waals surface area (Å²) < 4.78 is 17.4. The predicted octanol–water partition coefficient (Wildman–Crippen LogP) is 4.29. The van der Waals surface area contributed by atoms with Crippen molar-refractivity contribution < 1.29 is 19.0 Å². The van der Waals surface area contributed by atoms with Crippen molar-refractivity contribution in [2.24, 2.45) is 0 Å². The largest absolute Gasteiger partial charge is 0.465 e. The molecule has 6 nitrogen and oxygen atoms in total. The predicted molar refractivity (Wildman–Crippen MR) is 105 cm³/mol. The van der Waals surface area contributed by atoms with E-state index in [1.165, 1.54) is 0 Å². The summed E-state index contributed by atoms with van der Waals surface area (Å²) in [5, 5.41) is 17.3. The van der Waals surface area contributed by atoms with Gasteiger partial charge >= 0.3 is 0 Å². The van der Waals surface area contributed by atoms with Crippen LogP contribution in [0.1, 0.15) is 30.7 Å². The van der Waals surface area contributed by atoms with E-state index >= 15 is 0 Å². The Hall–Kier alpha value is -2.70. The molecule has 1 fully saturated rings. The normalized spacial score (nSPS) is 19.5. The van der Waals surface area contributed by atoms with E-state index in [9.17, 15) is 5.11 Å². The van der Waals surface area contributed by atoms with E-state index in [0.29, 0.717) is 11.8 Å². The van der Waals surface area contributed by atoms with Crippen molar-refractivity contribution >= 4 is 0 Å². The molecule has 2 heterocycles. The average Bonchev–Trinajstić information content (AvgIpc) is 3.16. The van der Waals surface area contributed by atoms with Gasteiger partial charge in [-0.1, -0.05) is 18.2 Å². The van der Waals surface area contributed by atoms with Gasteiger partial charge < -0.3 is 19.0 Å². The van der Waals surface area contributed by atoms with Crippen LogP contribution in [0.15, 0.2) is 46.9 Å². The zero-order valence-corrected chi connectivity index (χ0v) is 16.1. The first-order valence-electron chi connectivity index (χ1n) is 9.57. The highest BCUT2D eigenvalue weighted by Crippen LogP contribution is 2.31. The fourth-order valence-corrected chi connectivity index (χ4v) is 3.43. The second kappa shape index (κ2) is 8.12. The molecule has 0 bridgehead atoms. The molecule has 2 atom stereocenters. The van der Waals surface area contributed by atoms with Crippen LogP contribution in [0.4, 0.5) is 0 Å². The van der Waals surface area contributed by atoms with Crippen molar-refractivity contribution in [2.75, 3.05) is 6.61 Å². The van der Waals surface area contributed by atoms with E-state index in [1.54, 1.807) is 6.92 Å². The molecule has 3 aromatic rings. The van der Waals surface area contributed by atoms with Crippen molar-refractivity contribution in [1.82, 2.24) is 10.2 Å². The number of benzene rings is 2. The van der Waals surface area contributed by atoms with Crippen LogP contribution in [0.25, 0.3) is 22.6 Å². The van der Waals surface area contributed by atoms with E-state index < -0.39 is 0 Å². The fourth-order valence-electron chi connectivity index (χ4n) is 3.43. The molecule has 0 aliphatic carbocycles. The molecule has 0 radical (unpaired) electrons. The van der Waals surface area contributed by atoms with E-state index in [0.717, 1.165) is 47.3 Å². The number of aryl methyl sites for hydroxylation is 2. The third-order valence-corrected chi connectivity index (χ3v) is 4.92. The molecule has 4 rings (SSSR count). The minimum absolute atomic E-state index is 0.0354. The van der Waals surface area contributed by atoms with Gasteiger partial charge in [0.1, 0.15) is 5.75 Å². The van der Waals surface area contributed by atoms with Gasteiger partial charge in [-0.2, -0.15) is 0 Å². The lowest BCUT2D eigenvalue weighted by Gasteiger charge is -2.29. The lowest BCUT2D eigenvalue weighted by Crippen LogP contribution is -2.33.